The van der Waals surface area contributed by atoms with Crippen molar-refractivity contribution in [2.45, 2.75) is 17.9 Å². The number of nitrogens with one attached hydrogen (secondary N) is 1. The summed E-state index contributed by atoms with van der Waals surface area (Å²) in [6.07, 6.45) is 7.47. The summed E-state index contributed by atoms with van der Waals surface area (Å²) in [5.41, 5.74) is 0. The van der Waals surface area contributed by atoms with Crippen molar-refractivity contribution in [2.75, 3.05) is 6.54 Å². The third-order valence-corrected chi connectivity index (χ3v) is 3.85. The Balaban J connectivity index is 2.76. The van der Waals surface area contributed by atoms with Crippen LogP contribution in [0.4, 0.5) is 0 Å². The first-order chi connectivity index (χ1) is 7.49. The number of aryl methyl sites for hydroxylation is 1. The summed E-state index contributed by atoms with van der Waals surface area (Å²) in [5.74, 6) is 2.43. The van der Waals surface area contributed by atoms with E-state index < -0.39 is 10.0 Å². The molecule has 0 aliphatic rings. The second-order valence-corrected chi connectivity index (χ2v) is 5.22. The van der Waals surface area contributed by atoms with Gasteiger partial charge >= 0.3 is 0 Å². The molecule has 0 aliphatic carbocycles. The molecule has 7 heteroatoms. The SMILES string of the molecule is C#CCCCNS(=O)(=O)c1c(Cl)cnn1C. The Morgan fingerprint density at radius 1 is 1.69 bits per heavy atom. The monoisotopic (exact) mass is 261 g/mol. The molecule has 1 rings (SSSR count). The topological polar surface area (TPSA) is 64.0 Å². The average Bonchev–Trinajstić information content (AvgIpc) is 2.54. The van der Waals surface area contributed by atoms with Gasteiger partial charge in [0.2, 0.25) is 0 Å². The van der Waals surface area contributed by atoms with Crippen molar-refractivity contribution >= 4 is 21.6 Å². The lowest BCUT2D eigenvalue weighted by atomic mass is 10.3. The van der Waals surface area contributed by atoms with E-state index in [0.717, 1.165) is 0 Å². The van der Waals surface area contributed by atoms with Crippen LogP contribution in [0.25, 0.3) is 0 Å². The minimum Gasteiger partial charge on any atom is -0.255 e. The van der Waals surface area contributed by atoms with Crippen LogP contribution in [-0.2, 0) is 17.1 Å². The largest absolute Gasteiger partial charge is 0.259 e. The second-order valence-electron chi connectivity index (χ2n) is 3.13. The van der Waals surface area contributed by atoms with Crippen molar-refractivity contribution < 1.29 is 8.42 Å². The number of hydrogen-bond acceptors (Lipinski definition) is 3. The smallest absolute Gasteiger partial charge is 0.255 e. The van der Waals surface area contributed by atoms with Gasteiger partial charge in [0.25, 0.3) is 10.0 Å². The molecule has 1 N–H and O–H groups in total. The molecule has 0 aromatic carbocycles. The molecule has 0 fully saturated rings. The van der Waals surface area contributed by atoms with E-state index in [-0.39, 0.29) is 16.6 Å². The van der Waals surface area contributed by atoms with Crippen LogP contribution in [0.1, 0.15) is 12.8 Å². The van der Waals surface area contributed by atoms with Gasteiger partial charge in [0.15, 0.2) is 5.03 Å². The predicted molar refractivity (Wildman–Crippen MR) is 61.5 cm³/mol. The summed E-state index contributed by atoms with van der Waals surface area (Å²) in [4.78, 5) is 0. The predicted octanol–water partition coefficient (Wildman–Crippen LogP) is 0.765. The molecule has 0 saturated carbocycles. The number of terminal acetylenes is 1. The van der Waals surface area contributed by atoms with Crippen LogP contribution in [0, 0.1) is 12.3 Å². The molecule has 0 spiro atoms. The van der Waals surface area contributed by atoms with Gasteiger partial charge in [0.1, 0.15) is 0 Å². The van der Waals surface area contributed by atoms with Gasteiger partial charge in [-0.3, -0.25) is 4.68 Å². The van der Waals surface area contributed by atoms with Crippen LogP contribution in [0.2, 0.25) is 5.02 Å². The van der Waals surface area contributed by atoms with E-state index in [1.54, 1.807) is 0 Å². The van der Waals surface area contributed by atoms with E-state index >= 15 is 0 Å². The maximum absolute atomic E-state index is 11.8. The van der Waals surface area contributed by atoms with Gasteiger partial charge in [-0.1, -0.05) is 11.6 Å². The van der Waals surface area contributed by atoms with E-state index in [1.165, 1.54) is 17.9 Å². The van der Waals surface area contributed by atoms with E-state index in [9.17, 15) is 8.42 Å². The number of halogens is 1. The van der Waals surface area contributed by atoms with Crippen molar-refractivity contribution in [3.8, 4) is 12.3 Å². The minimum atomic E-state index is -3.61. The molecule has 0 bridgehead atoms. The van der Waals surface area contributed by atoms with E-state index in [4.69, 9.17) is 18.0 Å². The highest BCUT2D eigenvalue weighted by atomic mass is 35.5. The Labute approximate surface area is 99.8 Å². The summed E-state index contributed by atoms with van der Waals surface area (Å²) in [6, 6.07) is 0. The normalized spacial score (nSPS) is 11.3. The Morgan fingerprint density at radius 2 is 2.38 bits per heavy atom. The molecule has 0 unspecified atom stereocenters. The maximum Gasteiger partial charge on any atom is 0.259 e. The summed E-state index contributed by atoms with van der Waals surface area (Å²) < 4.78 is 27.2. The number of aromatic nitrogens is 2. The Bertz CT molecular complexity index is 482. The molecule has 0 atom stereocenters. The number of unbranched alkanes of at least 4 members (excludes halogenated alkanes) is 1. The van der Waals surface area contributed by atoms with Crippen LogP contribution in [0.15, 0.2) is 11.2 Å². The molecule has 1 aromatic heterocycles. The van der Waals surface area contributed by atoms with Crippen LogP contribution in [0.5, 0.6) is 0 Å². The molecule has 16 heavy (non-hydrogen) atoms. The van der Waals surface area contributed by atoms with Crippen LogP contribution >= 0.6 is 11.6 Å². The van der Waals surface area contributed by atoms with Crippen LogP contribution in [0.3, 0.4) is 0 Å². The zero-order valence-electron chi connectivity index (χ0n) is 8.77. The van der Waals surface area contributed by atoms with Crippen molar-refractivity contribution in [2.24, 2.45) is 7.05 Å². The quantitative estimate of drug-likeness (QED) is 0.629. The molecule has 1 heterocycles. The lowest BCUT2D eigenvalue weighted by Gasteiger charge is -2.06. The maximum atomic E-state index is 11.8. The standard InChI is InChI=1S/C9H12ClN3O2S/c1-3-4-5-6-12-16(14,15)9-8(10)7-11-13(9)2/h1,7,12H,4-6H2,2H3. The van der Waals surface area contributed by atoms with Gasteiger partial charge in [-0.15, -0.1) is 12.3 Å². The summed E-state index contributed by atoms with van der Waals surface area (Å²) >= 11 is 5.73. The zero-order chi connectivity index (χ0) is 12.2. The Kier molecular flexibility index (Phi) is 4.35. The van der Waals surface area contributed by atoms with Crippen LogP contribution in [-0.4, -0.2) is 24.7 Å². The number of nitrogens with zero attached hydrogens (tertiary/aromatic N) is 2. The Morgan fingerprint density at radius 3 is 2.88 bits per heavy atom. The number of sulfonamides is 1. The molecule has 5 nitrogen and oxygen atoms in total. The molecule has 0 radical (unpaired) electrons. The van der Waals surface area contributed by atoms with Gasteiger partial charge in [0, 0.05) is 20.0 Å². The summed E-state index contributed by atoms with van der Waals surface area (Å²) in [5, 5.41) is 3.83. The second kappa shape index (κ2) is 5.34. The highest BCUT2D eigenvalue weighted by molar-refractivity contribution is 7.89. The van der Waals surface area contributed by atoms with Crippen molar-refractivity contribution in [3.63, 3.8) is 0 Å². The van der Waals surface area contributed by atoms with Gasteiger partial charge in [-0.25, -0.2) is 13.1 Å². The first-order valence-electron chi connectivity index (χ1n) is 4.59. The lowest BCUT2D eigenvalue weighted by Crippen LogP contribution is -2.27. The highest BCUT2D eigenvalue weighted by Crippen LogP contribution is 2.19. The minimum absolute atomic E-state index is 0.0325. The summed E-state index contributed by atoms with van der Waals surface area (Å²) in [6.45, 7) is 0.286. The summed E-state index contributed by atoms with van der Waals surface area (Å²) in [7, 11) is -2.09. The molecule has 0 aliphatic heterocycles. The average molecular weight is 262 g/mol. The fourth-order valence-corrected chi connectivity index (χ4v) is 2.89. The van der Waals surface area contributed by atoms with Gasteiger partial charge in [0.05, 0.1) is 11.2 Å². The number of hydrogen-bond donors (Lipinski definition) is 1. The highest BCUT2D eigenvalue weighted by Gasteiger charge is 2.21. The molecule has 1 aromatic rings. The fraction of sp³-hybridized carbons (Fsp3) is 0.444. The van der Waals surface area contributed by atoms with Gasteiger partial charge in [-0.05, 0) is 6.42 Å². The number of rotatable bonds is 5. The van der Waals surface area contributed by atoms with Gasteiger partial charge in [-0.2, -0.15) is 5.10 Å². The van der Waals surface area contributed by atoms with E-state index in [0.29, 0.717) is 12.8 Å². The zero-order valence-corrected chi connectivity index (χ0v) is 10.3. The van der Waals surface area contributed by atoms with E-state index in [2.05, 4.69) is 15.7 Å². The third-order valence-electron chi connectivity index (χ3n) is 1.89. The fourth-order valence-electron chi connectivity index (χ4n) is 1.17. The molecular formula is C9H12ClN3O2S. The van der Waals surface area contributed by atoms with Crippen LogP contribution < -0.4 is 4.72 Å². The first kappa shape index (κ1) is 13.0. The van der Waals surface area contributed by atoms with E-state index in [1.807, 2.05) is 0 Å². The molecule has 0 saturated heterocycles. The Hall–Kier alpha value is -1.03. The van der Waals surface area contributed by atoms with Gasteiger partial charge < -0.3 is 0 Å². The first-order valence-corrected chi connectivity index (χ1v) is 6.46. The van der Waals surface area contributed by atoms with Crippen molar-refractivity contribution in [1.29, 1.82) is 0 Å². The van der Waals surface area contributed by atoms with Crippen molar-refractivity contribution in [1.82, 2.24) is 14.5 Å². The molecule has 0 amide bonds. The third kappa shape index (κ3) is 2.98. The molecule has 88 valence electrons. The lowest BCUT2D eigenvalue weighted by molar-refractivity contribution is 0.561. The molecular weight excluding hydrogens is 250 g/mol. The van der Waals surface area contributed by atoms with Crippen molar-refractivity contribution in [3.05, 3.63) is 11.2 Å².